The van der Waals surface area contributed by atoms with E-state index < -0.39 is 24.6 Å². The van der Waals surface area contributed by atoms with Crippen LogP contribution >= 0.6 is 11.8 Å². The lowest BCUT2D eigenvalue weighted by Gasteiger charge is -2.18. The predicted octanol–water partition coefficient (Wildman–Crippen LogP) is -0.127. The minimum Gasteiger partial charge on any atom is -0.480 e. The van der Waals surface area contributed by atoms with Crippen LogP contribution in [0.3, 0.4) is 0 Å². The second-order valence-electron chi connectivity index (χ2n) is 3.25. The lowest BCUT2D eigenvalue weighted by atomic mass is 10.2. The Labute approximate surface area is 98.8 Å². The molecular formula is C9H18N2O4S. The molecule has 0 aromatic heterocycles. The van der Waals surface area contributed by atoms with Gasteiger partial charge in [0.1, 0.15) is 0 Å². The second kappa shape index (κ2) is 8.23. The monoisotopic (exact) mass is 250 g/mol. The molecule has 7 heteroatoms. The van der Waals surface area contributed by atoms with Crippen molar-refractivity contribution in [3.05, 3.63) is 0 Å². The fourth-order valence-electron chi connectivity index (χ4n) is 1.03. The van der Waals surface area contributed by atoms with E-state index in [0.717, 1.165) is 12.2 Å². The third-order valence-corrected chi connectivity index (χ3v) is 2.72. The summed E-state index contributed by atoms with van der Waals surface area (Å²) in [5, 5.41) is 22.1. The van der Waals surface area contributed by atoms with E-state index in [-0.39, 0.29) is 6.04 Å². The molecule has 2 unspecified atom stereocenters. The van der Waals surface area contributed by atoms with Crippen LogP contribution < -0.4 is 10.6 Å². The molecule has 2 atom stereocenters. The summed E-state index contributed by atoms with van der Waals surface area (Å²) in [7, 11) is 0. The number of urea groups is 1. The number of aliphatic hydroxyl groups excluding tert-OH is 1. The third-order valence-electron chi connectivity index (χ3n) is 1.98. The highest BCUT2D eigenvalue weighted by Gasteiger charge is 2.19. The van der Waals surface area contributed by atoms with Crippen LogP contribution in [0, 0.1) is 0 Å². The average molecular weight is 250 g/mol. The number of carboxylic acids is 1. The van der Waals surface area contributed by atoms with E-state index >= 15 is 0 Å². The van der Waals surface area contributed by atoms with Gasteiger partial charge in [-0.25, -0.2) is 9.59 Å². The Morgan fingerprint density at radius 2 is 2.00 bits per heavy atom. The number of carboxylic acid groups (broad SMARTS) is 1. The topological polar surface area (TPSA) is 98.7 Å². The molecule has 0 fully saturated rings. The van der Waals surface area contributed by atoms with Crippen molar-refractivity contribution in [2.45, 2.75) is 25.4 Å². The van der Waals surface area contributed by atoms with Gasteiger partial charge in [-0.1, -0.05) is 6.92 Å². The van der Waals surface area contributed by atoms with Crippen molar-refractivity contribution in [3.8, 4) is 0 Å². The molecule has 0 aromatic carbocycles. The van der Waals surface area contributed by atoms with Crippen LogP contribution in [0.2, 0.25) is 0 Å². The molecule has 0 aliphatic carbocycles. The molecule has 0 aliphatic rings. The molecule has 0 saturated carbocycles. The highest BCUT2D eigenvalue weighted by atomic mass is 32.2. The Hall–Kier alpha value is -0.950. The van der Waals surface area contributed by atoms with Gasteiger partial charge in [0.05, 0.1) is 6.61 Å². The van der Waals surface area contributed by atoms with Crippen molar-refractivity contribution in [1.29, 1.82) is 0 Å². The molecular weight excluding hydrogens is 232 g/mol. The molecule has 4 N–H and O–H groups in total. The summed E-state index contributed by atoms with van der Waals surface area (Å²) in [6.07, 6.45) is 2.70. The molecule has 0 spiro atoms. The zero-order valence-corrected chi connectivity index (χ0v) is 10.2. The molecule has 16 heavy (non-hydrogen) atoms. The normalized spacial score (nSPS) is 13.9. The summed E-state index contributed by atoms with van der Waals surface area (Å²) in [5.41, 5.74) is 0. The standard InChI is InChI=1S/C9H18N2O4S/c1-3-6(5-16-2)10-9(15)11-7(4-12)8(13)14/h6-7,12H,3-5H2,1-2H3,(H,13,14)(H2,10,11,15). The van der Waals surface area contributed by atoms with Gasteiger partial charge in [-0.2, -0.15) is 11.8 Å². The number of carbonyl (C=O) groups is 2. The fourth-order valence-corrected chi connectivity index (χ4v) is 1.75. The summed E-state index contributed by atoms with van der Waals surface area (Å²) in [6, 6.07) is -1.82. The van der Waals surface area contributed by atoms with E-state index in [1.165, 1.54) is 0 Å². The molecule has 2 amide bonds. The third kappa shape index (κ3) is 5.82. The van der Waals surface area contributed by atoms with Gasteiger partial charge >= 0.3 is 12.0 Å². The predicted molar refractivity (Wildman–Crippen MR) is 62.6 cm³/mol. The average Bonchev–Trinajstić information content (AvgIpc) is 2.24. The fraction of sp³-hybridized carbons (Fsp3) is 0.778. The Kier molecular flexibility index (Phi) is 7.74. The number of nitrogens with one attached hydrogen (secondary N) is 2. The Morgan fingerprint density at radius 3 is 2.38 bits per heavy atom. The number of amides is 2. The first-order valence-electron chi connectivity index (χ1n) is 4.94. The number of carbonyl (C=O) groups excluding carboxylic acids is 1. The van der Waals surface area contributed by atoms with Gasteiger partial charge in [-0.3, -0.25) is 0 Å². The van der Waals surface area contributed by atoms with E-state index in [9.17, 15) is 9.59 Å². The van der Waals surface area contributed by atoms with Crippen molar-refractivity contribution in [1.82, 2.24) is 10.6 Å². The molecule has 94 valence electrons. The number of aliphatic hydroxyl groups is 1. The summed E-state index contributed by atoms with van der Waals surface area (Å²) in [4.78, 5) is 21.9. The van der Waals surface area contributed by atoms with Crippen molar-refractivity contribution in [2.75, 3.05) is 18.6 Å². The number of rotatable bonds is 7. The van der Waals surface area contributed by atoms with Crippen LogP contribution in [0.1, 0.15) is 13.3 Å². The minimum atomic E-state index is -1.26. The van der Waals surface area contributed by atoms with E-state index in [4.69, 9.17) is 10.2 Å². The molecule has 0 radical (unpaired) electrons. The summed E-state index contributed by atoms with van der Waals surface area (Å²) in [6.45, 7) is 1.31. The van der Waals surface area contributed by atoms with Gasteiger partial charge in [0.2, 0.25) is 0 Å². The van der Waals surface area contributed by atoms with Crippen LogP contribution in [-0.4, -0.2) is 52.9 Å². The van der Waals surface area contributed by atoms with Crippen molar-refractivity contribution >= 4 is 23.8 Å². The summed E-state index contributed by atoms with van der Waals surface area (Å²) >= 11 is 1.60. The van der Waals surface area contributed by atoms with Crippen molar-refractivity contribution in [2.24, 2.45) is 0 Å². The van der Waals surface area contributed by atoms with Crippen LogP contribution in [0.5, 0.6) is 0 Å². The second-order valence-corrected chi connectivity index (χ2v) is 4.16. The first kappa shape index (κ1) is 15.0. The molecule has 0 heterocycles. The summed E-state index contributed by atoms with van der Waals surface area (Å²) < 4.78 is 0. The van der Waals surface area contributed by atoms with Gasteiger partial charge in [-0.05, 0) is 12.7 Å². The maximum Gasteiger partial charge on any atom is 0.328 e. The van der Waals surface area contributed by atoms with Gasteiger partial charge < -0.3 is 20.8 Å². The van der Waals surface area contributed by atoms with Crippen LogP contribution in [0.4, 0.5) is 4.79 Å². The zero-order valence-electron chi connectivity index (χ0n) is 9.40. The van der Waals surface area contributed by atoms with Gasteiger partial charge in [-0.15, -0.1) is 0 Å². The van der Waals surface area contributed by atoms with E-state index in [1.807, 2.05) is 13.2 Å². The van der Waals surface area contributed by atoms with Crippen molar-refractivity contribution in [3.63, 3.8) is 0 Å². The molecule has 0 aliphatic heterocycles. The maximum atomic E-state index is 11.4. The Morgan fingerprint density at radius 1 is 1.38 bits per heavy atom. The lowest BCUT2D eigenvalue weighted by Crippen LogP contribution is -2.50. The van der Waals surface area contributed by atoms with Gasteiger partial charge in [0.15, 0.2) is 6.04 Å². The van der Waals surface area contributed by atoms with E-state index in [0.29, 0.717) is 0 Å². The molecule has 6 nitrogen and oxygen atoms in total. The SMILES string of the molecule is CCC(CSC)NC(=O)NC(CO)C(=O)O. The van der Waals surface area contributed by atoms with Crippen LogP contribution in [-0.2, 0) is 4.79 Å². The van der Waals surface area contributed by atoms with E-state index in [2.05, 4.69) is 10.6 Å². The largest absolute Gasteiger partial charge is 0.480 e. The highest BCUT2D eigenvalue weighted by Crippen LogP contribution is 2.00. The Balaban J connectivity index is 4.09. The van der Waals surface area contributed by atoms with Gasteiger partial charge in [0, 0.05) is 11.8 Å². The summed E-state index contributed by atoms with van der Waals surface area (Å²) in [5.74, 6) is -0.489. The Bertz CT molecular complexity index is 238. The van der Waals surface area contributed by atoms with Crippen molar-refractivity contribution < 1.29 is 19.8 Å². The number of hydrogen-bond acceptors (Lipinski definition) is 4. The smallest absolute Gasteiger partial charge is 0.328 e. The number of hydrogen-bond donors (Lipinski definition) is 4. The first-order valence-corrected chi connectivity index (χ1v) is 6.34. The quantitative estimate of drug-likeness (QED) is 0.504. The first-order chi connectivity index (χ1) is 7.54. The van der Waals surface area contributed by atoms with Crippen LogP contribution in [0.15, 0.2) is 0 Å². The number of aliphatic carboxylic acids is 1. The molecule has 0 rings (SSSR count). The minimum absolute atomic E-state index is 0.00291. The van der Waals surface area contributed by atoms with Gasteiger partial charge in [0.25, 0.3) is 0 Å². The maximum absolute atomic E-state index is 11.4. The molecule has 0 saturated heterocycles. The molecule has 0 bridgehead atoms. The lowest BCUT2D eigenvalue weighted by molar-refractivity contribution is -0.140. The zero-order chi connectivity index (χ0) is 12.6. The highest BCUT2D eigenvalue weighted by molar-refractivity contribution is 7.98. The van der Waals surface area contributed by atoms with E-state index in [1.54, 1.807) is 11.8 Å². The van der Waals surface area contributed by atoms with Crippen LogP contribution in [0.25, 0.3) is 0 Å². The molecule has 0 aromatic rings. The number of thioether (sulfide) groups is 1.